The summed E-state index contributed by atoms with van der Waals surface area (Å²) in [4.78, 5) is 11.5. The number of hydrogen-bond acceptors (Lipinski definition) is 3. The minimum Gasteiger partial charge on any atom is -0.493 e. The molecule has 1 aliphatic heterocycles. The molecule has 1 saturated carbocycles. The van der Waals surface area contributed by atoms with Crippen molar-refractivity contribution in [1.82, 2.24) is 0 Å². The van der Waals surface area contributed by atoms with Crippen LogP contribution in [0.4, 0.5) is 18.9 Å². The molecule has 4 rings (SSSR count). The number of ether oxygens (including phenoxy) is 2. The van der Waals surface area contributed by atoms with Gasteiger partial charge in [-0.25, -0.2) is 0 Å². The highest BCUT2D eigenvalue weighted by molar-refractivity contribution is 6.00. The summed E-state index contributed by atoms with van der Waals surface area (Å²) in [5.74, 6) is 0.345. The molecule has 136 valence electrons. The van der Waals surface area contributed by atoms with Crippen molar-refractivity contribution in [2.45, 2.75) is 25.6 Å². The number of halogens is 3. The fraction of sp³-hybridized carbons (Fsp3) is 0.316. The van der Waals surface area contributed by atoms with E-state index < -0.39 is 6.36 Å². The summed E-state index contributed by atoms with van der Waals surface area (Å²) in [5, 5.41) is 2.71. The molecule has 26 heavy (non-hydrogen) atoms. The molecule has 0 unspecified atom stereocenters. The molecule has 7 heteroatoms. The number of rotatable bonds is 5. The molecule has 2 aromatic rings. The number of carbonyl (C=O) groups is 1. The Morgan fingerprint density at radius 1 is 1.12 bits per heavy atom. The predicted molar refractivity (Wildman–Crippen MR) is 89.1 cm³/mol. The first kappa shape index (κ1) is 16.8. The summed E-state index contributed by atoms with van der Waals surface area (Å²) in [6.45, 7) is 0.466. The zero-order chi connectivity index (χ0) is 18.3. The number of hydrogen-bond donors (Lipinski definition) is 1. The molecular weight excluding hydrogens is 347 g/mol. The van der Waals surface area contributed by atoms with Gasteiger partial charge in [-0.2, -0.15) is 0 Å². The summed E-state index contributed by atoms with van der Waals surface area (Å²) < 4.78 is 48.5. The maximum atomic E-state index is 12.8. The molecular formula is C19H16F3NO3. The largest absolute Gasteiger partial charge is 0.573 e. The molecule has 0 spiro atoms. The van der Waals surface area contributed by atoms with Crippen molar-refractivity contribution in [1.29, 1.82) is 0 Å². The van der Waals surface area contributed by atoms with E-state index in [-0.39, 0.29) is 23.6 Å². The van der Waals surface area contributed by atoms with E-state index in [1.54, 1.807) is 24.3 Å². The van der Waals surface area contributed by atoms with Crippen LogP contribution in [0.5, 0.6) is 11.5 Å². The Bertz CT molecular complexity index is 860. The van der Waals surface area contributed by atoms with Crippen molar-refractivity contribution >= 4 is 11.6 Å². The predicted octanol–water partition coefficient (Wildman–Crippen LogP) is 4.54. The van der Waals surface area contributed by atoms with E-state index >= 15 is 0 Å². The first-order valence-electron chi connectivity index (χ1n) is 8.34. The molecule has 0 aromatic heterocycles. The third-order valence-electron chi connectivity index (χ3n) is 4.40. The maximum absolute atomic E-state index is 12.8. The normalized spacial score (nSPS) is 16.2. The van der Waals surface area contributed by atoms with Gasteiger partial charge in [-0.3, -0.25) is 4.79 Å². The smallest absolute Gasteiger partial charge is 0.493 e. The highest BCUT2D eigenvalue weighted by Gasteiger charge is 2.33. The van der Waals surface area contributed by atoms with Gasteiger partial charge < -0.3 is 14.8 Å². The van der Waals surface area contributed by atoms with Crippen molar-refractivity contribution in [2.75, 3.05) is 11.9 Å². The second kappa shape index (κ2) is 6.23. The lowest BCUT2D eigenvalue weighted by molar-refractivity contribution is -0.274. The Balaban J connectivity index is 1.76. The lowest BCUT2D eigenvalue weighted by Gasteiger charge is -2.18. The van der Waals surface area contributed by atoms with Crippen LogP contribution in [-0.2, 0) is 11.2 Å². The number of fused-ring (bicyclic) bond motifs is 1. The summed E-state index contributed by atoms with van der Waals surface area (Å²) in [6, 6.07) is 9.43. The van der Waals surface area contributed by atoms with Gasteiger partial charge in [0.1, 0.15) is 11.5 Å². The highest BCUT2D eigenvalue weighted by Crippen LogP contribution is 2.43. The minimum absolute atomic E-state index is 0.137. The summed E-state index contributed by atoms with van der Waals surface area (Å²) in [6.07, 6.45) is -2.47. The molecule has 0 radical (unpaired) electrons. The summed E-state index contributed by atoms with van der Waals surface area (Å²) in [7, 11) is 0. The van der Waals surface area contributed by atoms with Crippen LogP contribution >= 0.6 is 0 Å². The standard InChI is InChI=1S/C19H16F3NO3/c20-19(21,22)26-16-3-1-2-15(25-10-11-4-5-11)18(16)12-6-7-14-13(8-12)9-17(24)23-14/h1-3,6-8,11H,4-5,9-10H2,(H,23,24). The molecule has 2 aliphatic rings. The van der Waals surface area contributed by atoms with Crippen LogP contribution in [0.1, 0.15) is 18.4 Å². The van der Waals surface area contributed by atoms with Gasteiger partial charge in [0.05, 0.1) is 18.6 Å². The van der Waals surface area contributed by atoms with Crippen LogP contribution < -0.4 is 14.8 Å². The number of carbonyl (C=O) groups excluding carboxylic acids is 1. The Labute approximate surface area is 147 Å². The quantitative estimate of drug-likeness (QED) is 0.849. The lowest BCUT2D eigenvalue weighted by atomic mass is 10.00. The van der Waals surface area contributed by atoms with Gasteiger partial charge >= 0.3 is 6.36 Å². The second-order valence-electron chi connectivity index (χ2n) is 6.53. The van der Waals surface area contributed by atoms with E-state index in [4.69, 9.17) is 4.74 Å². The maximum Gasteiger partial charge on any atom is 0.573 e. The molecule has 1 heterocycles. The number of alkyl halides is 3. The van der Waals surface area contributed by atoms with E-state index in [9.17, 15) is 18.0 Å². The minimum atomic E-state index is -4.81. The number of amides is 1. The average molecular weight is 363 g/mol. The van der Waals surface area contributed by atoms with Crippen molar-refractivity contribution < 1.29 is 27.4 Å². The van der Waals surface area contributed by atoms with Gasteiger partial charge in [0, 0.05) is 5.69 Å². The van der Waals surface area contributed by atoms with Gasteiger partial charge in [-0.1, -0.05) is 12.1 Å². The van der Waals surface area contributed by atoms with Gasteiger partial charge in [0.15, 0.2) is 0 Å². The zero-order valence-electron chi connectivity index (χ0n) is 13.7. The van der Waals surface area contributed by atoms with E-state index in [0.29, 0.717) is 29.5 Å². The topological polar surface area (TPSA) is 47.6 Å². The molecule has 0 atom stereocenters. The van der Waals surface area contributed by atoms with Gasteiger partial charge in [0.2, 0.25) is 5.91 Å². The lowest BCUT2D eigenvalue weighted by Crippen LogP contribution is -2.18. The van der Waals surface area contributed by atoms with Crippen LogP contribution in [0, 0.1) is 5.92 Å². The Morgan fingerprint density at radius 2 is 1.88 bits per heavy atom. The summed E-state index contributed by atoms with van der Waals surface area (Å²) in [5.41, 5.74) is 2.18. The Kier molecular flexibility index (Phi) is 4.01. The molecule has 1 fully saturated rings. The molecule has 1 amide bonds. The fourth-order valence-electron chi connectivity index (χ4n) is 3.00. The Morgan fingerprint density at radius 3 is 2.62 bits per heavy atom. The van der Waals surface area contributed by atoms with Crippen molar-refractivity contribution in [2.24, 2.45) is 5.92 Å². The average Bonchev–Trinajstić information content (AvgIpc) is 3.31. The first-order valence-corrected chi connectivity index (χ1v) is 8.34. The van der Waals surface area contributed by atoms with E-state index in [1.807, 2.05) is 0 Å². The monoisotopic (exact) mass is 363 g/mol. The molecule has 0 saturated heterocycles. The Hall–Kier alpha value is -2.70. The van der Waals surface area contributed by atoms with E-state index in [2.05, 4.69) is 10.1 Å². The molecule has 0 bridgehead atoms. The highest BCUT2D eigenvalue weighted by atomic mass is 19.4. The third kappa shape index (κ3) is 3.61. The van der Waals surface area contributed by atoms with Crippen LogP contribution in [-0.4, -0.2) is 18.9 Å². The fourth-order valence-corrected chi connectivity index (χ4v) is 3.00. The van der Waals surface area contributed by atoms with Crippen LogP contribution in [0.15, 0.2) is 36.4 Å². The summed E-state index contributed by atoms with van der Waals surface area (Å²) >= 11 is 0. The molecule has 1 N–H and O–H groups in total. The number of benzene rings is 2. The second-order valence-corrected chi connectivity index (χ2v) is 6.53. The molecule has 2 aromatic carbocycles. The van der Waals surface area contributed by atoms with Gasteiger partial charge in [0.25, 0.3) is 0 Å². The molecule has 1 aliphatic carbocycles. The number of nitrogens with one attached hydrogen (secondary N) is 1. The van der Waals surface area contributed by atoms with Crippen molar-refractivity contribution in [3.8, 4) is 22.6 Å². The van der Waals surface area contributed by atoms with Crippen LogP contribution in [0.3, 0.4) is 0 Å². The van der Waals surface area contributed by atoms with Crippen LogP contribution in [0.2, 0.25) is 0 Å². The van der Waals surface area contributed by atoms with E-state index in [1.165, 1.54) is 12.1 Å². The molecule has 4 nitrogen and oxygen atoms in total. The first-order chi connectivity index (χ1) is 12.4. The van der Waals surface area contributed by atoms with Crippen molar-refractivity contribution in [3.05, 3.63) is 42.0 Å². The van der Waals surface area contributed by atoms with Crippen molar-refractivity contribution in [3.63, 3.8) is 0 Å². The van der Waals surface area contributed by atoms with Crippen LogP contribution in [0.25, 0.3) is 11.1 Å². The van der Waals surface area contributed by atoms with Gasteiger partial charge in [-0.15, -0.1) is 13.2 Å². The van der Waals surface area contributed by atoms with Gasteiger partial charge in [-0.05, 0) is 54.2 Å². The SMILES string of the molecule is O=C1Cc2cc(-c3c(OCC4CC4)cccc3OC(F)(F)F)ccc2N1. The van der Waals surface area contributed by atoms with E-state index in [0.717, 1.165) is 18.4 Å². The number of anilines is 1. The third-order valence-corrected chi connectivity index (χ3v) is 4.40. The zero-order valence-corrected chi connectivity index (χ0v) is 13.7.